The molecule has 0 amide bonds. The van der Waals surface area contributed by atoms with Crippen LogP contribution in [0.1, 0.15) is 86.1 Å². The monoisotopic (exact) mass is 582 g/mol. The normalized spacial score (nSPS) is 23.5. The fourth-order valence-corrected chi connectivity index (χ4v) is 8.50. The van der Waals surface area contributed by atoms with E-state index in [9.17, 15) is 9.90 Å². The van der Waals surface area contributed by atoms with Crippen molar-refractivity contribution in [2.45, 2.75) is 89.1 Å². The van der Waals surface area contributed by atoms with Crippen LogP contribution in [0.25, 0.3) is 0 Å². The zero-order valence-corrected chi connectivity index (χ0v) is 26.0. The van der Waals surface area contributed by atoms with Crippen LogP contribution in [0.3, 0.4) is 0 Å². The van der Waals surface area contributed by atoms with Gasteiger partial charge in [-0.2, -0.15) is 5.10 Å². The van der Waals surface area contributed by atoms with Crippen molar-refractivity contribution < 1.29 is 9.90 Å². The van der Waals surface area contributed by atoms with Crippen molar-refractivity contribution in [1.29, 1.82) is 0 Å². The summed E-state index contributed by atoms with van der Waals surface area (Å²) in [4.78, 5) is 17.6. The standard InChI is InChI=1S/C37H50N4O2/c1-2-41-35(32(24-38-41)19-18-28-12-6-3-7-13-28)31-20-22-39(23-21-31)25-33-26-40(27-34(33)29-14-8-4-9-15-29)36(37(42)43)30-16-10-5-11-17-30/h3-4,6-9,12-15,24,30-31,33-34,36H,2,5,10-11,16-23,25-27H2,1H3,(H,42,43). The van der Waals surface area contributed by atoms with Crippen molar-refractivity contribution in [1.82, 2.24) is 19.6 Å². The summed E-state index contributed by atoms with van der Waals surface area (Å²) >= 11 is 0. The highest BCUT2D eigenvalue weighted by molar-refractivity contribution is 5.74. The third-order valence-electron chi connectivity index (χ3n) is 10.7. The van der Waals surface area contributed by atoms with Gasteiger partial charge in [-0.1, -0.05) is 79.9 Å². The molecule has 6 rings (SSSR count). The van der Waals surface area contributed by atoms with Crippen molar-refractivity contribution in [3.05, 3.63) is 89.2 Å². The lowest BCUT2D eigenvalue weighted by Crippen LogP contribution is -2.46. The molecule has 6 heteroatoms. The van der Waals surface area contributed by atoms with Crippen LogP contribution in [0, 0.1) is 11.8 Å². The highest BCUT2D eigenvalue weighted by atomic mass is 16.4. The van der Waals surface area contributed by atoms with Crippen LogP contribution in [0.15, 0.2) is 66.9 Å². The van der Waals surface area contributed by atoms with Crippen LogP contribution in [0.4, 0.5) is 0 Å². The summed E-state index contributed by atoms with van der Waals surface area (Å²) in [6.07, 6.45) is 12.3. The number of benzene rings is 2. The zero-order valence-electron chi connectivity index (χ0n) is 26.0. The van der Waals surface area contributed by atoms with Gasteiger partial charge in [-0.05, 0) is 87.1 Å². The van der Waals surface area contributed by atoms with Gasteiger partial charge in [-0.15, -0.1) is 0 Å². The molecule has 3 atom stereocenters. The molecule has 1 aromatic heterocycles. The number of aliphatic carboxylic acids is 1. The first-order valence-corrected chi connectivity index (χ1v) is 16.9. The van der Waals surface area contributed by atoms with Crippen LogP contribution in [-0.2, 0) is 24.2 Å². The van der Waals surface area contributed by atoms with Crippen molar-refractivity contribution in [3.8, 4) is 0 Å². The van der Waals surface area contributed by atoms with Gasteiger partial charge in [-0.25, -0.2) is 0 Å². The van der Waals surface area contributed by atoms with Crippen LogP contribution >= 0.6 is 0 Å². The Morgan fingerprint density at radius 1 is 0.907 bits per heavy atom. The van der Waals surface area contributed by atoms with Crippen molar-refractivity contribution in [2.24, 2.45) is 11.8 Å². The van der Waals surface area contributed by atoms with E-state index in [1.165, 1.54) is 41.6 Å². The maximum atomic E-state index is 12.6. The first-order valence-electron chi connectivity index (χ1n) is 16.9. The first kappa shape index (κ1) is 30.1. The van der Waals surface area contributed by atoms with Gasteiger partial charge >= 0.3 is 5.97 Å². The van der Waals surface area contributed by atoms with Crippen LogP contribution in [-0.4, -0.2) is 69.4 Å². The van der Waals surface area contributed by atoms with Crippen LogP contribution in [0.2, 0.25) is 0 Å². The van der Waals surface area contributed by atoms with Gasteiger partial charge in [-0.3, -0.25) is 14.4 Å². The summed E-state index contributed by atoms with van der Waals surface area (Å²) in [6.45, 7) is 8.12. The number of nitrogens with zero attached hydrogens (tertiary/aromatic N) is 4. The van der Waals surface area contributed by atoms with Gasteiger partial charge < -0.3 is 10.0 Å². The second-order valence-corrected chi connectivity index (χ2v) is 13.3. The van der Waals surface area contributed by atoms with E-state index >= 15 is 0 Å². The Morgan fingerprint density at radius 3 is 2.28 bits per heavy atom. The van der Waals surface area contributed by atoms with E-state index in [1.54, 1.807) is 0 Å². The predicted octanol–water partition coefficient (Wildman–Crippen LogP) is 6.62. The van der Waals surface area contributed by atoms with Gasteiger partial charge in [0, 0.05) is 43.7 Å². The Morgan fingerprint density at radius 2 is 1.60 bits per heavy atom. The maximum absolute atomic E-state index is 12.6. The van der Waals surface area contributed by atoms with E-state index in [0.717, 1.165) is 77.8 Å². The van der Waals surface area contributed by atoms with Gasteiger partial charge in [0.2, 0.25) is 0 Å². The van der Waals surface area contributed by atoms with Gasteiger partial charge in [0.15, 0.2) is 0 Å². The van der Waals surface area contributed by atoms with E-state index in [-0.39, 0.29) is 12.0 Å². The average Bonchev–Trinajstić information content (AvgIpc) is 3.66. The topological polar surface area (TPSA) is 61.6 Å². The number of carbonyl (C=O) groups is 1. The largest absolute Gasteiger partial charge is 0.480 e. The molecular formula is C37H50N4O2. The van der Waals surface area contributed by atoms with Crippen molar-refractivity contribution in [2.75, 3.05) is 32.7 Å². The number of aromatic nitrogens is 2. The molecule has 0 bridgehead atoms. The fourth-order valence-electron chi connectivity index (χ4n) is 8.50. The van der Waals surface area contributed by atoms with Crippen LogP contribution in [0.5, 0.6) is 0 Å². The fraction of sp³-hybridized carbons (Fsp3) is 0.568. The molecule has 230 valence electrons. The van der Waals surface area contributed by atoms with Gasteiger partial charge in [0.1, 0.15) is 6.04 Å². The Balaban J connectivity index is 1.12. The SMILES string of the molecule is CCn1ncc(CCc2ccccc2)c1C1CCN(CC2CN(C(C(=O)O)C3CCCCC3)CC2c2ccccc2)CC1. The Labute approximate surface area is 258 Å². The molecule has 3 aromatic rings. The second kappa shape index (κ2) is 14.2. The smallest absolute Gasteiger partial charge is 0.321 e. The predicted molar refractivity (Wildman–Crippen MR) is 172 cm³/mol. The average molecular weight is 583 g/mol. The Kier molecular flexibility index (Phi) is 9.95. The first-order chi connectivity index (χ1) is 21.1. The van der Waals surface area contributed by atoms with Crippen molar-refractivity contribution in [3.63, 3.8) is 0 Å². The van der Waals surface area contributed by atoms with E-state index < -0.39 is 5.97 Å². The number of aryl methyl sites for hydroxylation is 3. The summed E-state index contributed by atoms with van der Waals surface area (Å²) in [5.41, 5.74) is 5.64. The molecular weight excluding hydrogens is 532 g/mol. The molecule has 2 aromatic carbocycles. The molecule has 3 heterocycles. The summed E-state index contributed by atoms with van der Waals surface area (Å²) < 4.78 is 2.25. The molecule has 6 nitrogen and oxygen atoms in total. The van der Waals surface area contributed by atoms with Crippen LogP contribution < -0.4 is 0 Å². The lowest BCUT2D eigenvalue weighted by molar-refractivity contribution is -0.145. The Bertz CT molecular complexity index is 1290. The van der Waals surface area contributed by atoms with Gasteiger partial charge in [0.25, 0.3) is 0 Å². The molecule has 0 spiro atoms. The van der Waals surface area contributed by atoms with E-state index in [4.69, 9.17) is 5.10 Å². The summed E-state index contributed by atoms with van der Waals surface area (Å²) in [6, 6.07) is 21.3. The molecule has 3 fully saturated rings. The third kappa shape index (κ3) is 7.07. The Hall–Kier alpha value is -2.96. The summed E-state index contributed by atoms with van der Waals surface area (Å²) in [5, 5.41) is 15.2. The highest BCUT2D eigenvalue weighted by Crippen LogP contribution is 2.39. The second-order valence-electron chi connectivity index (χ2n) is 13.3. The number of piperidine rings is 1. The van der Waals surface area contributed by atoms with Gasteiger partial charge in [0.05, 0.1) is 6.20 Å². The van der Waals surface area contributed by atoms with E-state index in [1.807, 2.05) is 0 Å². The van der Waals surface area contributed by atoms with E-state index in [0.29, 0.717) is 17.8 Å². The molecule has 1 saturated carbocycles. The minimum Gasteiger partial charge on any atom is -0.480 e. The molecule has 3 unspecified atom stereocenters. The maximum Gasteiger partial charge on any atom is 0.321 e. The zero-order chi connectivity index (χ0) is 29.6. The number of likely N-dealkylation sites (tertiary alicyclic amines) is 2. The number of carboxylic acid groups (broad SMARTS) is 1. The molecule has 2 aliphatic heterocycles. The number of hydrogen-bond acceptors (Lipinski definition) is 4. The lowest BCUT2D eigenvalue weighted by Gasteiger charge is -2.36. The number of carboxylic acids is 1. The van der Waals surface area contributed by atoms with Crippen molar-refractivity contribution >= 4 is 5.97 Å². The minimum atomic E-state index is -0.615. The van der Waals surface area contributed by atoms with E-state index in [2.05, 4.69) is 88.3 Å². The number of rotatable bonds is 11. The third-order valence-corrected chi connectivity index (χ3v) is 10.7. The molecule has 3 aliphatic rings. The molecule has 1 aliphatic carbocycles. The lowest BCUT2D eigenvalue weighted by atomic mass is 9.83. The molecule has 2 saturated heterocycles. The quantitative estimate of drug-likeness (QED) is 0.276. The summed E-state index contributed by atoms with van der Waals surface area (Å²) in [5.74, 6) is 1.06. The molecule has 43 heavy (non-hydrogen) atoms. The molecule has 0 radical (unpaired) electrons. The summed E-state index contributed by atoms with van der Waals surface area (Å²) in [7, 11) is 0. The molecule has 1 N–H and O–H groups in total. The minimum absolute atomic E-state index is 0.289. The highest BCUT2D eigenvalue weighted by Gasteiger charge is 2.43. The number of hydrogen-bond donors (Lipinski definition) is 1.